The second kappa shape index (κ2) is 7.59. The number of carbonyl (C=O) groups is 1. The number of ether oxygens (including phenoxy) is 4. The van der Waals surface area contributed by atoms with E-state index in [4.69, 9.17) is 18.9 Å². The molecule has 3 heterocycles. The highest BCUT2D eigenvalue weighted by atomic mass is 16.7. The zero-order chi connectivity index (χ0) is 20.6. The van der Waals surface area contributed by atoms with E-state index in [0.29, 0.717) is 36.7 Å². The summed E-state index contributed by atoms with van der Waals surface area (Å²) in [4.78, 5) is 19.7. The first-order chi connectivity index (χ1) is 14.7. The molecule has 0 unspecified atom stereocenters. The van der Waals surface area contributed by atoms with Crippen molar-refractivity contribution in [1.82, 2.24) is 9.97 Å². The number of allylic oxidation sites excluding steroid dienone is 1. The Morgan fingerprint density at radius 2 is 2.07 bits per heavy atom. The van der Waals surface area contributed by atoms with Crippen LogP contribution in [0, 0.1) is 0 Å². The third kappa shape index (κ3) is 3.46. The second-order valence-electron chi connectivity index (χ2n) is 7.43. The molecule has 3 aromatic rings. The largest absolute Gasteiger partial charge is 0.465 e. The lowest BCUT2D eigenvalue weighted by atomic mass is 9.89. The van der Waals surface area contributed by atoms with Gasteiger partial charge in [-0.1, -0.05) is 12.1 Å². The fraction of sp³-hybridized carbons (Fsp3) is 0.304. The molecule has 2 aromatic heterocycles. The van der Waals surface area contributed by atoms with Gasteiger partial charge in [0.1, 0.15) is 22.7 Å². The Morgan fingerprint density at radius 3 is 2.83 bits per heavy atom. The number of nitrogens with zero attached hydrogens (tertiary/aromatic N) is 1. The molecular weight excluding hydrogens is 384 g/mol. The van der Waals surface area contributed by atoms with Crippen LogP contribution in [0.1, 0.15) is 35.2 Å². The van der Waals surface area contributed by atoms with Crippen molar-refractivity contribution in [2.45, 2.75) is 25.0 Å². The quantitative estimate of drug-likeness (QED) is 0.645. The number of fused-ring (bicyclic) bond motifs is 1. The third-order valence-electron chi connectivity index (χ3n) is 5.61. The highest BCUT2D eigenvalue weighted by molar-refractivity contribution is 5.93. The van der Waals surface area contributed by atoms with Crippen molar-refractivity contribution in [3.63, 3.8) is 0 Å². The van der Waals surface area contributed by atoms with Gasteiger partial charge in [-0.05, 0) is 41.8 Å². The van der Waals surface area contributed by atoms with Crippen LogP contribution < -0.4 is 4.74 Å². The van der Waals surface area contributed by atoms with Crippen LogP contribution in [0.3, 0.4) is 0 Å². The summed E-state index contributed by atoms with van der Waals surface area (Å²) in [5.41, 5.74) is 3.33. The lowest BCUT2D eigenvalue weighted by molar-refractivity contribution is -0.159. The minimum absolute atomic E-state index is 0.366. The molecule has 2 aliphatic rings. The number of rotatable bonds is 4. The molecule has 0 radical (unpaired) electrons. The smallest absolute Gasteiger partial charge is 0.341 e. The molecular formula is C23H22N2O5. The van der Waals surface area contributed by atoms with Gasteiger partial charge in [-0.15, -0.1) is 0 Å². The third-order valence-corrected chi connectivity index (χ3v) is 5.61. The van der Waals surface area contributed by atoms with Crippen LogP contribution in [0.15, 0.2) is 48.8 Å². The van der Waals surface area contributed by atoms with Gasteiger partial charge in [-0.25, -0.2) is 9.78 Å². The monoisotopic (exact) mass is 406 g/mol. The van der Waals surface area contributed by atoms with Crippen molar-refractivity contribution >= 4 is 22.6 Å². The van der Waals surface area contributed by atoms with E-state index in [0.717, 1.165) is 29.4 Å². The molecule has 1 aliphatic heterocycles. The topological polar surface area (TPSA) is 82.7 Å². The van der Waals surface area contributed by atoms with E-state index >= 15 is 0 Å². The summed E-state index contributed by atoms with van der Waals surface area (Å²) in [5, 5.41) is 0.931. The molecule has 1 aromatic carbocycles. The van der Waals surface area contributed by atoms with Gasteiger partial charge < -0.3 is 23.9 Å². The van der Waals surface area contributed by atoms with Crippen LogP contribution in [0.25, 0.3) is 16.6 Å². The Bertz CT molecular complexity index is 1130. The predicted molar refractivity (Wildman–Crippen MR) is 110 cm³/mol. The fourth-order valence-corrected chi connectivity index (χ4v) is 4.02. The first-order valence-corrected chi connectivity index (χ1v) is 9.96. The number of benzene rings is 1. The predicted octanol–water partition coefficient (Wildman–Crippen LogP) is 4.45. The van der Waals surface area contributed by atoms with Crippen LogP contribution in [-0.4, -0.2) is 42.0 Å². The van der Waals surface area contributed by atoms with Gasteiger partial charge in [0.15, 0.2) is 5.79 Å². The number of carbonyl (C=O) groups excluding carboxylic acids is 1. The Kier molecular flexibility index (Phi) is 4.77. The zero-order valence-corrected chi connectivity index (χ0v) is 16.6. The first-order valence-electron chi connectivity index (χ1n) is 9.96. The number of esters is 1. The molecule has 30 heavy (non-hydrogen) atoms. The minimum Gasteiger partial charge on any atom is -0.465 e. The number of pyridine rings is 1. The van der Waals surface area contributed by atoms with E-state index in [1.807, 2.05) is 30.5 Å². The molecule has 5 rings (SSSR count). The molecule has 7 nitrogen and oxygen atoms in total. The van der Waals surface area contributed by atoms with Crippen LogP contribution in [0.5, 0.6) is 11.5 Å². The summed E-state index contributed by atoms with van der Waals surface area (Å²) in [5.74, 6) is 0.0720. The Hall–Kier alpha value is -3.16. The molecule has 1 fully saturated rings. The highest BCUT2D eigenvalue weighted by Gasteiger charge is 2.37. The SMILES string of the molecule is COC(=O)c1ccc(C2=CCC3(CC2)OCCO3)cc1Oc1cnc2[nH]ccc2c1. The summed E-state index contributed by atoms with van der Waals surface area (Å²) in [6.07, 6.45) is 7.95. The van der Waals surface area contributed by atoms with Gasteiger partial charge >= 0.3 is 5.97 Å². The standard InChI is InChI=1S/C23H22N2O5/c1-27-22(26)19-3-2-16(15-4-7-23(8-5-15)28-10-11-29-23)13-20(19)30-18-12-17-6-9-24-21(17)25-14-18/h2-4,6,9,12-14H,5,7-8,10-11H2,1H3,(H,24,25). The molecule has 0 bridgehead atoms. The van der Waals surface area contributed by atoms with Crippen molar-refractivity contribution in [2.75, 3.05) is 20.3 Å². The van der Waals surface area contributed by atoms with Crippen LogP contribution in [0.4, 0.5) is 0 Å². The molecule has 0 amide bonds. The maximum atomic E-state index is 12.3. The molecule has 154 valence electrons. The summed E-state index contributed by atoms with van der Waals surface area (Å²) in [6, 6.07) is 9.35. The molecule has 1 aliphatic carbocycles. The van der Waals surface area contributed by atoms with E-state index in [2.05, 4.69) is 16.0 Å². The number of nitrogens with one attached hydrogen (secondary N) is 1. The summed E-state index contributed by atoms with van der Waals surface area (Å²) in [6.45, 7) is 1.29. The number of aromatic amines is 1. The summed E-state index contributed by atoms with van der Waals surface area (Å²) in [7, 11) is 1.36. The lowest BCUT2D eigenvalue weighted by Gasteiger charge is -2.30. The van der Waals surface area contributed by atoms with Crippen LogP contribution >= 0.6 is 0 Å². The van der Waals surface area contributed by atoms with Gasteiger partial charge in [0.25, 0.3) is 0 Å². The molecule has 0 saturated carbocycles. The zero-order valence-electron chi connectivity index (χ0n) is 16.6. The number of H-pyrrole nitrogens is 1. The van der Waals surface area contributed by atoms with Crippen molar-refractivity contribution in [3.05, 3.63) is 59.9 Å². The molecule has 1 N–H and O–H groups in total. The molecule has 7 heteroatoms. The van der Waals surface area contributed by atoms with E-state index in [-0.39, 0.29) is 0 Å². The molecule has 1 saturated heterocycles. The summed E-state index contributed by atoms with van der Waals surface area (Å²) >= 11 is 0. The number of hydrogen-bond acceptors (Lipinski definition) is 6. The van der Waals surface area contributed by atoms with Crippen molar-refractivity contribution < 1.29 is 23.7 Å². The summed E-state index contributed by atoms with van der Waals surface area (Å²) < 4.78 is 22.6. The molecule has 1 spiro atoms. The van der Waals surface area contributed by atoms with Crippen LogP contribution in [0.2, 0.25) is 0 Å². The van der Waals surface area contributed by atoms with E-state index in [9.17, 15) is 4.79 Å². The normalized spacial score (nSPS) is 17.8. The highest BCUT2D eigenvalue weighted by Crippen LogP contribution is 2.39. The first kappa shape index (κ1) is 18.8. The van der Waals surface area contributed by atoms with Crippen LogP contribution in [-0.2, 0) is 14.2 Å². The van der Waals surface area contributed by atoms with E-state index < -0.39 is 11.8 Å². The molecule has 0 atom stereocenters. The Labute approximate surface area is 173 Å². The lowest BCUT2D eigenvalue weighted by Crippen LogP contribution is -2.31. The number of hydrogen-bond donors (Lipinski definition) is 1. The van der Waals surface area contributed by atoms with Crippen molar-refractivity contribution in [2.24, 2.45) is 0 Å². The van der Waals surface area contributed by atoms with Gasteiger partial charge in [0, 0.05) is 24.4 Å². The Balaban J connectivity index is 1.46. The Morgan fingerprint density at radius 1 is 1.20 bits per heavy atom. The van der Waals surface area contributed by atoms with Gasteiger partial charge in [-0.2, -0.15) is 0 Å². The van der Waals surface area contributed by atoms with E-state index in [1.54, 1.807) is 12.3 Å². The maximum Gasteiger partial charge on any atom is 0.341 e. The van der Waals surface area contributed by atoms with Gasteiger partial charge in [0.05, 0.1) is 26.5 Å². The second-order valence-corrected chi connectivity index (χ2v) is 7.43. The minimum atomic E-state index is -0.466. The average molecular weight is 406 g/mol. The van der Waals surface area contributed by atoms with Crippen molar-refractivity contribution in [1.29, 1.82) is 0 Å². The number of aromatic nitrogens is 2. The van der Waals surface area contributed by atoms with Gasteiger partial charge in [0.2, 0.25) is 0 Å². The fourth-order valence-electron chi connectivity index (χ4n) is 4.02. The number of methoxy groups -OCH3 is 1. The average Bonchev–Trinajstić information content (AvgIpc) is 3.43. The maximum absolute atomic E-state index is 12.3. The van der Waals surface area contributed by atoms with E-state index in [1.165, 1.54) is 12.7 Å². The van der Waals surface area contributed by atoms with Gasteiger partial charge in [-0.3, -0.25) is 0 Å². The van der Waals surface area contributed by atoms with Crippen molar-refractivity contribution in [3.8, 4) is 11.5 Å².